The van der Waals surface area contributed by atoms with Gasteiger partial charge < -0.3 is 14.9 Å². The Labute approximate surface area is 179 Å². The lowest BCUT2D eigenvalue weighted by Gasteiger charge is -2.37. The van der Waals surface area contributed by atoms with Gasteiger partial charge in [0.25, 0.3) is 5.91 Å². The van der Waals surface area contributed by atoms with Crippen LogP contribution in [0.2, 0.25) is 5.02 Å². The van der Waals surface area contributed by atoms with Crippen LogP contribution in [-0.4, -0.2) is 58.2 Å². The number of thiocarbonyl (C=S) groups is 1. The fraction of sp³-hybridized carbons (Fsp3) is 0.300. The Kier molecular flexibility index (Phi) is 6.66. The molecule has 0 bridgehead atoms. The Balaban J connectivity index is 1.64. The maximum Gasteiger partial charge on any atom is 0.337 e. The second-order valence-electron chi connectivity index (χ2n) is 6.55. The van der Waals surface area contributed by atoms with E-state index in [-0.39, 0.29) is 11.5 Å². The predicted octanol–water partition coefficient (Wildman–Crippen LogP) is 2.83. The molecule has 1 saturated heterocycles. The highest BCUT2D eigenvalue weighted by Crippen LogP contribution is 2.30. The summed E-state index contributed by atoms with van der Waals surface area (Å²) in [7, 11) is 0. The number of nitrogens with one attached hydrogen (secondary N) is 1. The van der Waals surface area contributed by atoms with Crippen LogP contribution in [0.15, 0.2) is 36.5 Å². The van der Waals surface area contributed by atoms with Gasteiger partial charge in [-0.3, -0.25) is 10.1 Å². The van der Waals surface area contributed by atoms with Crippen LogP contribution in [0.3, 0.4) is 0 Å². The molecule has 0 atom stereocenters. The number of carbonyl (C=O) groups excluding carboxylic acids is 1. The van der Waals surface area contributed by atoms with Gasteiger partial charge in [-0.05, 0) is 36.3 Å². The molecule has 2 N–H and O–H groups in total. The smallest absolute Gasteiger partial charge is 0.337 e. The number of aromatic nitrogens is 1. The number of hydrogen-bond donors (Lipinski definition) is 2. The number of piperazine rings is 1. The van der Waals surface area contributed by atoms with Crippen LogP contribution in [0.5, 0.6) is 0 Å². The summed E-state index contributed by atoms with van der Waals surface area (Å²) in [6.45, 7) is 4.25. The Hall–Kier alpha value is -2.71. The first-order valence-electron chi connectivity index (χ1n) is 9.23. The molecule has 9 heteroatoms. The van der Waals surface area contributed by atoms with Crippen molar-refractivity contribution in [3.8, 4) is 0 Å². The van der Waals surface area contributed by atoms with Crippen molar-refractivity contribution in [1.82, 2.24) is 15.2 Å². The highest BCUT2D eigenvalue weighted by molar-refractivity contribution is 7.80. The maximum atomic E-state index is 12.3. The minimum Gasteiger partial charge on any atom is -0.478 e. The van der Waals surface area contributed by atoms with Gasteiger partial charge in [-0.25, -0.2) is 9.78 Å². The summed E-state index contributed by atoms with van der Waals surface area (Å²) in [5.74, 6) is -0.695. The van der Waals surface area contributed by atoms with Gasteiger partial charge in [0.2, 0.25) is 0 Å². The van der Waals surface area contributed by atoms with E-state index in [0.717, 1.165) is 0 Å². The van der Waals surface area contributed by atoms with Crippen molar-refractivity contribution in [3.63, 3.8) is 0 Å². The molecule has 1 fully saturated rings. The van der Waals surface area contributed by atoms with Gasteiger partial charge in [0, 0.05) is 37.9 Å². The number of carbonyl (C=O) groups is 2. The lowest BCUT2D eigenvalue weighted by molar-refractivity contribution is 0.0695. The molecule has 1 amide bonds. The van der Waals surface area contributed by atoms with Crippen molar-refractivity contribution >= 4 is 46.6 Å². The number of anilines is 1. The molecule has 1 aromatic carbocycles. The van der Waals surface area contributed by atoms with Gasteiger partial charge in [-0.2, -0.15) is 0 Å². The summed E-state index contributed by atoms with van der Waals surface area (Å²) in [4.78, 5) is 31.8. The monoisotopic (exact) mass is 432 g/mol. The molecular weight excluding hydrogens is 412 g/mol. The fourth-order valence-electron chi connectivity index (χ4n) is 3.22. The SMILES string of the molecule is CCc1c(C(=O)O)cnc(N2CCN(C(=S)NC(=O)c3ccccc3)CC2)c1Cl. The second kappa shape index (κ2) is 9.19. The molecule has 7 nitrogen and oxygen atoms in total. The molecular formula is C20H21ClN4O3S. The zero-order valence-electron chi connectivity index (χ0n) is 15.9. The number of benzene rings is 1. The standard InChI is InChI=1S/C20H21ClN4O3S/c1-2-14-15(19(27)28)12-22-17(16(14)21)24-8-10-25(11-9-24)20(29)23-18(26)13-6-4-3-5-7-13/h3-7,12H,2,8-11H2,1H3,(H,27,28)(H,23,26,29). The van der Waals surface area contributed by atoms with E-state index in [0.29, 0.717) is 59.7 Å². The largest absolute Gasteiger partial charge is 0.478 e. The summed E-state index contributed by atoms with van der Waals surface area (Å²) in [5.41, 5.74) is 1.26. The normalized spacial score (nSPS) is 13.9. The second-order valence-corrected chi connectivity index (χ2v) is 7.31. The first kappa shape index (κ1) is 21.0. The van der Waals surface area contributed by atoms with Crippen molar-refractivity contribution in [2.24, 2.45) is 0 Å². The summed E-state index contributed by atoms with van der Waals surface area (Å²) in [5, 5.41) is 12.8. The van der Waals surface area contributed by atoms with Crippen LogP contribution in [0.1, 0.15) is 33.2 Å². The van der Waals surface area contributed by atoms with Crippen molar-refractivity contribution in [3.05, 3.63) is 58.2 Å². The van der Waals surface area contributed by atoms with Gasteiger partial charge in [0.15, 0.2) is 5.11 Å². The Morgan fingerprint density at radius 1 is 1.21 bits per heavy atom. The van der Waals surface area contributed by atoms with E-state index in [9.17, 15) is 14.7 Å². The highest BCUT2D eigenvalue weighted by atomic mass is 35.5. The number of amides is 1. The van der Waals surface area contributed by atoms with Gasteiger partial charge in [0.05, 0.1) is 10.6 Å². The summed E-state index contributed by atoms with van der Waals surface area (Å²) in [6.07, 6.45) is 1.87. The van der Waals surface area contributed by atoms with E-state index in [4.69, 9.17) is 23.8 Å². The molecule has 0 aliphatic carbocycles. The molecule has 1 aliphatic rings. The number of hydrogen-bond acceptors (Lipinski definition) is 5. The van der Waals surface area contributed by atoms with Crippen molar-refractivity contribution in [2.75, 3.05) is 31.1 Å². The predicted molar refractivity (Wildman–Crippen MR) is 116 cm³/mol. The van der Waals surface area contributed by atoms with Crippen molar-refractivity contribution in [2.45, 2.75) is 13.3 Å². The Bertz CT molecular complexity index is 931. The van der Waals surface area contributed by atoms with E-state index >= 15 is 0 Å². The zero-order chi connectivity index (χ0) is 21.0. The van der Waals surface area contributed by atoms with E-state index < -0.39 is 5.97 Å². The fourth-order valence-corrected chi connectivity index (χ4v) is 3.90. The first-order valence-corrected chi connectivity index (χ1v) is 10.0. The molecule has 0 radical (unpaired) electrons. The molecule has 2 aromatic rings. The molecule has 0 unspecified atom stereocenters. The van der Waals surface area contributed by atoms with E-state index in [1.807, 2.05) is 22.8 Å². The van der Waals surface area contributed by atoms with Gasteiger partial charge in [0.1, 0.15) is 5.82 Å². The third kappa shape index (κ3) is 4.65. The average Bonchev–Trinajstić information content (AvgIpc) is 2.74. The summed E-state index contributed by atoms with van der Waals surface area (Å²) in [6, 6.07) is 8.91. The number of halogens is 1. The average molecular weight is 433 g/mol. The summed E-state index contributed by atoms with van der Waals surface area (Å²) < 4.78 is 0. The molecule has 0 saturated carbocycles. The number of rotatable bonds is 4. The Morgan fingerprint density at radius 3 is 2.45 bits per heavy atom. The van der Waals surface area contributed by atoms with Crippen molar-refractivity contribution < 1.29 is 14.7 Å². The van der Waals surface area contributed by atoms with Gasteiger partial charge in [-0.1, -0.05) is 36.7 Å². The minimum absolute atomic E-state index is 0.129. The van der Waals surface area contributed by atoms with Crippen LogP contribution >= 0.6 is 23.8 Å². The van der Waals surface area contributed by atoms with Crippen LogP contribution in [0.25, 0.3) is 0 Å². The first-order chi connectivity index (χ1) is 13.9. The van der Waals surface area contributed by atoms with Crippen LogP contribution in [-0.2, 0) is 6.42 Å². The topological polar surface area (TPSA) is 85.8 Å². The van der Waals surface area contributed by atoms with E-state index in [1.165, 1.54) is 6.20 Å². The minimum atomic E-state index is -1.04. The lowest BCUT2D eigenvalue weighted by Crippen LogP contribution is -2.53. The van der Waals surface area contributed by atoms with Crippen LogP contribution in [0, 0.1) is 0 Å². The maximum absolute atomic E-state index is 12.3. The number of nitrogens with zero attached hydrogens (tertiary/aromatic N) is 3. The molecule has 29 heavy (non-hydrogen) atoms. The molecule has 2 heterocycles. The number of carboxylic acid groups (broad SMARTS) is 1. The third-order valence-corrected chi connectivity index (χ3v) is 5.57. The molecule has 3 rings (SSSR count). The van der Waals surface area contributed by atoms with E-state index in [2.05, 4.69) is 10.3 Å². The molecule has 1 aliphatic heterocycles. The molecule has 0 spiro atoms. The zero-order valence-corrected chi connectivity index (χ0v) is 17.5. The molecule has 1 aromatic heterocycles. The number of pyridine rings is 1. The third-order valence-electron chi connectivity index (χ3n) is 4.81. The lowest BCUT2D eigenvalue weighted by atomic mass is 10.1. The van der Waals surface area contributed by atoms with E-state index in [1.54, 1.807) is 24.3 Å². The van der Waals surface area contributed by atoms with Crippen LogP contribution < -0.4 is 10.2 Å². The van der Waals surface area contributed by atoms with Crippen LogP contribution in [0.4, 0.5) is 5.82 Å². The summed E-state index contributed by atoms with van der Waals surface area (Å²) >= 11 is 11.8. The van der Waals surface area contributed by atoms with Gasteiger partial charge in [-0.15, -0.1) is 0 Å². The molecule has 152 valence electrons. The highest BCUT2D eigenvalue weighted by Gasteiger charge is 2.25. The Morgan fingerprint density at radius 2 is 1.86 bits per heavy atom. The van der Waals surface area contributed by atoms with Gasteiger partial charge >= 0.3 is 5.97 Å². The van der Waals surface area contributed by atoms with Crippen molar-refractivity contribution in [1.29, 1.82) is 0 Å². The quantitative estimate of drug-likeness (QED) is 0.718. The number of aromatic carboxylic acids is 1. The number of carboxylic acids is 1.